The van der Waals surface area contributed by atoms with E-state index in [2.05, 4.69) is 4.72 Å². The predicted molar refractivity (Wildman–Crippen MR) is 83.2 cm³/mol. The molecule has 7 heteroatoms. The topological polar surface area (TPSA) is 70.0 Å². The summed E-state index contributed by atoms with van der Waals surface area (Å²) < 4.78 is 27.1. The highest BCUT2D eigenvalue weighted by Gasteiger charge is 2.19. The van der Waals surface area contributed by atoms with Crippen LogP contribution in [0.15, 0.2) is 41.3 Å². The van der Waals surface area contributed by atoms with E-state index in [4.69, 9.17) is 28.5 Å². The van der Waals surface area contributed by atoms with Crippen molar-refractivity contribution in [1.82, 2.24) is 0 Å². The smallest absolute Gasteiger partial charge is 0.263 e. The minimum absolute atomic E-state index is 0.0228. The van der Waals surface area contributed by atoms with E-state index in [1.165, 1.54) is 18.2 Å². The van der Waals surface area contributed by atoms with Gasteiger partial charge in [-0.2, -0.15) is 5.26 Å². The molecule has 0 bridgehead atoms. The number of nitrogens with one attached hydrogen (secondary N) is 1. The monoisotopic (exact) mass is 340 g/mol. The van der Waals surface area contributed by atoms with Gasteiger partial charge in [-0.3, -0.25) is 4.72 Å². The number of hydrogen-bond donors (Lipinski definition) is 1. The van der Waals surface area contributed by atoms with Crippen LogP contribution >= 0.6 is 23.2 Å². The van der Waals surface area contributed by atoms with Crippen molar-refractivity contribution in [3.8, 4) is 6.07 Å². The Hall–Kier alpha value is -1.74. The maximum Gasteiger partial charge on any atom is 0.263 e. The number of sulfonamides is 1. The van der Waals surface area contributed by atoms with Crippen molar-refractivity contribution in [3.63, 3.8) is 0 Å². The maximum atomic E-state index is 12.3. The van der Waals surface area contributed by atoms with Crippen molar-refractivity contribution < 1.29 is 8.42 Å². The molecule has 0 heterocycles. The number of hydrogen-bond acceptors (Lipinski definition) is 3. The zero-order valence-electron chi connectivity index (χ0n) is 10.9. The molecule has 2 aromatic rings. The van der Waals surface area contributed by atoms with Crippen molar-refractivity contribution in [1.29, 1.82) is 5.26 Å². The van der Waals surface area contributed by atoms with Gasteiger partial charge in [0.15, 0.2) is 0 Å². The minimum Gasteiger partial charge on any atom is -0.278 e. The van der Waals surface area contributed by atoms with E-state index in [9.17, 15) is 8.42 Å². The molecule has 0 radical (unpaired) electrons. The lowest BCUT2D eigenvalue weighted by Crippen LogP contribution is -2.14. The SMILES string of the molecule is Cc1ccc(Cl)c(NS(=O)(=O)c2ccc(C#N)cc2Cl)c1. The summed E-state index contributed by atoms with van der Waals surface area (Å²) >= 11 is 11.9. The summed E-state index contributed by atoms with van der Waals surface area (Å²) in [7, 11) is -3.88. The van der Waals surface area contributed by atoms with Gasteiger partial charge in [0.05, 0.1) is 27.4 Å². The number of halogens is 2. The first kappa shape index (κ1) is 15.6. The summed E-state index contributed by atoms with van der Waals surface area (Å²) in [5, 5.41) is 9.03. The van der Waals surface area contributed by atoms with Crippen molar-refractivity contribution in [2.45, 2.75) is 11.8 Å². The van der Waals surface area contributed by atoms with Crippen molar-refractivity contribution >= 4 is 38.9 Å². The average molecular weight is 341 g/mol. The van der Waals surface area contributed by atoms with E-state index < -0.39 is 10.0 Å². The third-order valence-electron chi connectivity index (χ3n) is 2.72. The Morgan fingerprint density at radius 3 is 2.43 bits per heavy atom. The Morgan fingerprint density at radius 2 is 1.81 bits per heavy atom. The summed E-state index contributed by atoms with van der Waals surface area (Å²) in [4.78, 5) is -0.110. The van der Waals surface area contributed by atoms with Gasteiger partial charge >= 0.3 is 0 Å². The Balaban J connectivity index is 2.44. The lowest BCUT2D eigenvalue weighted by Gasteiger charge is -2.11. The second kappa shape index (κ2) is 5.94. The number of nitrogens with zero attached hydrogens (tertiary/aromatic N) is 1. The fraction of sp³-hybridized carbons (Fsp3) is 0.0714. The molecule has 4 nitrogen and oxygen atoms in total. The van der Waals surface area contributed by atoms with Crippen molar-refractivity contribution in [3.05, 3.63) is 57.6 Å². The molecule has 0 aliphatic carbocycles. The molecule has 108 valence electrons. The number of nitriles is 1. The molecule has 2 rings (SSSR count). The van der Waals surface area contributed by atoms with Crippen LogP contribution in [0.1, 0.15) is 11.1 Å². The lowest BCUT2D eigenvalue weighted by atomic mass is 10.2. The van der Waals surface area contributed by atoms with Gasteiger partial charge in [-0.15, -0.1) is 0 Å². The van der Waals surface area contributed by atoms with Crippen LogP contribution in [-0.4, -0.2) is 8.42 Å². The van der Waals surface area contributed by atoms with Gasteiger partial charge in [0.2, 0.25) is 0 Å². The largest absolute Gasteiger partial charge is 0.278 e. The van der Waals surface area contributed by atoms with E-state index in [0.717, 1.165) is 5.56 Å². The van der Waals surface area contributed by atoms with Crippen LogP contribution in [0.4, 0.5) is 5.69 Å². The van der Waals surface area contributed by atoms with E-state index in [1.54, 1.807) is 18.2 Å². The molecule has 0 fully saturated rings. The second-order valence-corrected chi connectivity index (χ2v) is 6.81. The number of rotatable bonds is 3. The van der Waals surface area contributed by atoms with Gasteiger partial charge in [0, 0.05) is 0 Å². The molecule has 0 atom stereocenters. The summed E-state index contributed by atoms with van der Waals surface area (Å²) in [6, 6.07) is 10.9. The van der Waals surface area contributed by atoms with Gasteiger partial charge < -0.3 is 0 Å². The van der Waals surface area contributed by atoms with Gasteiger partial charge in [-0.25, -0.2) is 8.42 Å². The van der Waals surface area contributed by atoms with E-state index >= 15 is 0 Å². The second-order valence-electron chi connectivity index (χ2n) is 4.35. The highest BCUT2D eigenvalue weighted by molar-refractivity contribution is 7.92. The van der Waals surface area contributed by atoms with Crippen LogP contribution in [0.2, 0.25) is 10.0 Å². The van der Waals surface area contributed by atoms with Crippen LogP contribution in [0.25, 0.3) is 0 Å². The fourth-order valence-electron chi connectivity index (χ4n) is 1.71. The first-order chi connectivity index (χ1) is 9.83. The fourth-order valence-corrected chi connectivity index (χ4v) is 3.54. The van der Waals surface area contributed by atoms with Crippen molar-refractivity contribution in [2.24, 2.45) is 0 Å². The first-order valence-corrected chi connectivity index (χ1v) is 8.06. The molecular formula is C14H10Cl2N2O2S. The van der Waals surface area contributed by atoms with Gasteiger partial charge in [0.1, 0.15) is 4.90 Å². The molecule has 0 saturated carbocycles. The zero-order valence-corrected chi connectivity index (χ0v) is 13.2. The van der Waals surface area contributed by atoms with Crippen LogP contribution in [0.3, 0.4) is 0 Å². The van der Waals surface area contributed by atoms with Crippen LogP contribution in [0, 0.1) is 18.3 Å². The third-order valence-corrected chi connectivity index (χ3v) is 4.89. The third kappa shape index (κ3) is 3.48. The Bertz CT molecular complexity index is 843. The number of anilines is 1. The van der Waals surface area contributed by atoms with Crippen LogP contribution in [0.5, 0.6) is 0 Å². The molecule has 0 unspecified atom stereocenters. The summed E-state index contributed by atoms with van der Waals surface area (Å²) in [6.45, 7) is 1.82. The van der Waals surface area contributed by atoms with E-state index in [1.807, 2.05) is 13.0 Å². The number of benzene rings is 2. The number of aryl methyl sites for hydroxylation is 1. The summed E-state index contributed by atoms with van der Waals surface area (Å²) in [5.41, 5.74) is 1.42. The normalized spacial score (nSPS) is 11.0. The highest BCUT2D eigenvalue weighted by atomic mass is 35.5. The molecule has 0 saturated heterocycles. The van der Waals surface area contributed by atoms with Crippen molar-refractivity contribution in [2.75, 3.05) is 4.72 Å². The molecule has 21 heavy (non-hydrogen) atoms. The molecule has 1 N–H and O–H groups in total. The minimum atomic E-state index is -3.88. The highest BCUT2D eigenvalue weighted by Crippen LogP contribution is 2.28. The molecule has 0 aliphatic heterocycles. The molecular weight excluding hydrogens is 331 g/mol. The summed E-state index contributed by atoms with van der Waals surface area (Å²) in [6.07, 6.45) is 0. The quantitative estimate of drug-likeness (QED) is 0.918. The molecule has 0 aromatic heterocycles. The lowest BCUT2D eigenvalue weighted by molar-refractivity contribution is 0.601. The van der Waals surface area contributed by atoms with E-state index in [-0.39, 0.29) is 26.2 Å². The molecule has 2 aromatic carbocycles. The predicted octanol–water partition coefficient (Wildman–Crippen LogP) is 3.97. The Kier molecular flexibility index (Phi) is 4.43. The molecule has 0 aliphatic rings. The van der Waals surface area contributed by atoms with Gasteiger partial charge in [-0.1, -0.05) is 29.3 Å². The maximum absolute atomic E-state index is 12.3. The van der Waals surface area contributed by atoms with Gasteiger partial charge in [-0.05, 0) is 42.8 Å². The van der Waals surface area contributed by atoms with Gasteiger partial charge in [0.25, 0.3) is 10.0 Å². The molecule has 0 spiro atoms. The molecule has 0 amide bonds. The zero-order chi connectivity index (χ0) is 15.6. The van der Waals surface area contributed by atoms with Crippen LogP contribution < -0.4 is 4.72 Å². The van der Waals surface area contributed by atoms with E-state index in [0.29, 0.717) is 0 Å². The Morgan fingerprint density at radius 1 is 1.10 bits per heavy atom. The average Bonchev–Trinajstić information content (AvgIpc) is 2.42. The van der Waals surface area contributed by atoms with Crippen LogP contribution in [-0.2, 0) is 10.0 Å². The first-order valence-electron chi connectivity index (χ1n) is 5.82. The Labute approximate surface area is 133 Å². The summed E-state index contributed by atoms with van der Waals surface area (Å²) in [5.74, 6) is 0. The standard InChI is InChI=1S/C14H10Cl2N2O2S/c1-9-2-4-11(15)13(6-9)18-21(19,20)14-5-3-10(8-17)7-12(14)16/h2-7,18H,1H3.